The summed E-state index contributed by atoms with van der Waals surface area (Å²) in [6.45, 7) is 3.48. The Morgan fingerprint density at radius 3 is 2.92 bits per heavy atom. The van der Waals surface area contributed by atoms with Crippen LogP contribution in [0.1, 0.15) is 24.9 Å². The van der Waals surface area contributed by atoms with Gasteiger partial charge in [-0.2, -0.15) is 11.3 Å². The fourth-order valence-electron chi connectivity index (χ4n) is 1.00. The van der Waals surface area contributed by atoms with E-state index in [1.54, 1.807) is 11.3 Å². The minimum Gasteiger partial charge on any atom is -0.379 e. The first kappa shape index (κ1) is 11.2. The third-order valence-electron chi connectivity index (χ3n) is 1.69. The monoisotopic (exact) mass is 263 g/mol. The van der Waals surface area contributed by atoms with E-state index >= 15 is 0 Å². The van der Waals surface area contributed by atoms with E-state index in [4.69, 9.17) is 10.5 Å². The molecule has 0 aromatic carbocycles. The lowest BCUT2D eigenvalue weighted by molar-refractivity contribution is 0.121. The minimum atomic E-state index is -0.00725. The first-order valence-electron chi connectivity index (χ1n) is 4.30. The van der Waals surface area contributed by atoms with E-state index in [0.29, 0.717) is 6.61 Å². The zero-order valence-electron chi connectivity index (χ0n) is 7.63. The molecule has 2 nitrogen and oxygen atoms in total. The van der Waals surface area contributed by atoms with E-state index in [1.807, 2.05) is 5.38 Å². The quantitative estimate of drug-likeness (QED) is 0.830. The summed E-state index contributed by atoms with van der Waals surface area (Å²) in [4.78, 5) is 0. The number of hydrogen-bond acceptors (Lipinski definition) is 3. The van der Waals surface area contributed by atoms with Crippen LogP contribution in [0.3, 0.4) is 0 Å². The lowest BCUT2D eigenvalue weighted by Crippen LogP contribution is -2.17. The van der Waals surface area contributed by atoms with Crippen molar-refractivity contribution in [1.29, 1.82) is 0 Å². The van der Waals surface area contributed by atoms with Gasteiger partial charge in [-0.15, -0.1) is 0 Å². The highest BCUT2D eigenvalue weighted by Gasteiger charge is 2.10. The van der Waals surface area contributed by atoms with Crippen molar-refractivity contribution in [2.24, 2.45) is 5.73 Å². The van der Waals surface area contributed by atoms with E-state index in [1.165, 1.54) is 0 Å². The van der Waals surface area contributed by atoms with Crippen molar-refractivity contribution >= 4 is 27.3 Å². The van der Waals surface area contributed by atoms with Crippen LogP contribution in [0, 0.1) is 0 Å². The number of halogens is 1. The van der Waals surface area contributed by atoms with Gasteiger partial charge in [-0.25, -0.2) is 0 Å². The molecule has 0 aliphatic heterocycles. The second-order valence-corrected chi connectivity index (χ2v) is 4.45. The van der Waals surface area contributed by atoms with Crippen LogP contribution < -0.4 is 5.73 Å². The van der Waals surface area contributed by atoms with Gasteiger partial charge >= 0.3 is 0 Å². The highest BCUT2D eigenvalue weighted by Crippen LogP contribution is 2.26. The molecule has 0 spiro atoms. The van der Waals surface area contributed by atoms with Crippen molar-refractivity contribution in [3.8, 4) is 0 Å². The molecule has 2 N–H and O–H groups in total. The fourth-order valence-corrected chi connectivity index (χ4v) is 2.66. The summed E-state index contributed by atoms with van der Waals surface area (Å²) in [6, 6.07) is -0.00725. The molecule has 1 atom stereocenters. The molecule has 0 bridgehead atoms. The molecule has 1 aromatic heterocycles. The van der Waals surface area contributed by atoms with Crippen molar-refractivity contribution < 1.29 is 4.74 Å². The molecule has 0 radical (unpaired) electrons. The number of ether oxygens (including phenoxy) is 1. The minimum absolute atomic E-state index is 0.00725. The summed E-state index contributed by atoms with van der Waals surface area (Å²) >= 11 is 5.10. The molecule has 1 rings (SSSR count). The van der Waals surface area contributed by atoms with Crippen LogP contribution >= 0.6 is 27.3 Å². The summed E-state index contributed by atoms with van der Waals surface area (Å²) in [6.07, 6.45) is 1.04. The van der Waals surface area contributed by atoms with Gasteiger partial charge in [-0.3, -0.25) is 0 Å². The summed E-state index contributed by atoms with van der Waals surface area (Å²) < 4.78 is 6.47. The van der Waals surface area contributed by atoms with Gasteiger partial charge in [0.25, 0.3) is 0 Å². The highest BCUT2D eigenvalue weighted by molar-refractivity contribution is 9.10. The molecule has 74 valence electrons. The zero-order chi connectivity index (χ0) is 9.68. The van der Waals surface area contributed by atoms with Gasteiger partial charge in [0.15, 0.2) is 0 Å². The third-order valence-corrected chi connectivity index (χ3v) is 3.44. The van der Waals surface area contributed by atoms with Crippen LogP contribution in [-0.4, -0.2) is 13.2 Å². The average Bonchev–Trinajstić information content (AvgIpc) is 2.52. The molecule has 1 aromatic rings. The smallest absolute Gasteiger partial charge is 0.0660 e. The second kappa shape index (κ2) is 5.75. The van der Waals surface area contributed by atoms with Gasteiger partial charge in [0.05, 0.1) is 12.6 Å². The van der Waals surface area contributed by atoms with E-state index in [9.17, 15) is 0 Å². The van der Waals surface area contributed by atoms with Crippen LogP contribution in [0.25, 0.3) is 0 Å². The normalized spacial score (nSPS) is 13.2. The number of rotatable bonds is 5. The van der Waals surface area contributed by atoms with Crippen LogP contribution in [0.2, 0.25) is 0 Å². The van der Waals surface area contributed by atoms with Gasteiger partial charge in [0.1, 0.15) is 0 Å². The molecule has 0 amide bonds. The zero-order valence-corrected chi connectivity index (χ0v) is 10.0. The predicted octanol–water partition coefficient (Wildman–Crippen LogP) is 2.94. The van der Waals surface area contributed by atoms with Gasteiger partial charge in [-0.1, -0.05) is 6.92 Å². The second-order valence-electron chi connectivity index (χ2n) is 2.86. The number of hydrogen-bond donors (Lipinski definition) is 1. The molecule has 0 saturated carbocycles. The maximum atomic E-state index is 5.93. The Morgan fingerprint density at radius 2 is 2.38 bits per heavy atom. The average molecular weight is 264 g/mol. The Balaban J connectivity index is 2.39. The fraction of sp³-hybridized carbons (Fsp3) is 0.556. The van der Waals surface area contributed by atoms with Crippen molar-refractivity contribution in [2.75, 3.05) is 13.2 Å². The number of nitrogens with two attached hydrogens (primary N) is 1. The van der Waals surface area contributed by atoms with E-state index in [2.05, 4.69) is 28.2 Å². The van der Waals surface area contributed by atoms with Crippen LogP contribution in [0.15, 0.2) is 15.2 Å². The van der Waals surface area contributed by atoms with Crippen LogP contribution in [0.4, 0.5) is 0 Å². The maximum absolute atomic E-state index is 5.93. The van der Waals surface area contributed by atoms with Crippen LogP contribution in [0.5, 0.6) is 0 Å². The van der Waals surface area contributed by atoms with Crippen molar-refractivity contribution in [3.63, 3.8) is 0 Å². The lowest BCUT2D eigenvalue weighted by Gasteiger charge is -2.10. The van der Waals surface area contributed by atoms with E-state index in [0.717, 1.165) is 23.1 Å². The predicted molar refractivity (Wildman–Crippen MR) is 60.1 cm³/mol. The molecule has 0 saturated heterocycles. The topological polar surface area (TPSA) is 35.2 Å². The molecule has 0 aliphatic rings. The molecular formula is C9H14BrNOS. The molecule has 1 unspecified atom stereocenters. The Labute approximate surface area is 91.2 Å². The van der Waals surface area contributed by atoms with Gasteiger partial charge in [0.2, 0.25) is 0 Å². The van der Waals surface area contributed by atoms with E-state index in [-0.39, 0.29) is 6.04 Å². The third kappa shape index (κ3) is 3.38. The van der Waals surface area contributed by atoms with Crippen molar-refractivity contribution in [1.82, 2.24) is 0 Å². The first-order chi connectivity index (χ1) is 6.25. The van der Waals surface area contributed by atoms with Gasteiger partial charge in [-0.05, 0) is 33.3 Å². The summed E-state index contributed by atoms with van der Waals surface area (Å²) in [5.41, 5.74) is 7.07. The Kier molecular flexibility index (Phi) is 4.94. The van der Waals surface area contributed by atoms with Crippen molar-refractivity contribution in [2.45, 2.75) is 19.4 Å². The van der Waals surface area contributed by atoms with E-state index < -0.39 is 0 Å². The number of thiophene rings is 1. The SMILES string of the molecule is CCCOCC(N)c1cscc1Br. The highest BCUT2D eigenvalue weighted by atomic mass is 79.9. The molecular weight excluding hydrogens is 250 g/mol. The summed E-state index contributed by atoms with van der Waals surface area (Å²) in [5.74, 6) is 0. The Hall–Kier alpha value is 0.100. The molecule has 13 heavy (non-hydrogen) atoms. The molecule has 0 fully saturated rings. The molecule has 1 heterocycles. The lowest BCUT2D eigenvalue weighted by atomic mass is 10.2. The largest absolute Gasteiger partial charge is 0.379 e. The van der Waals surface area contributed by atoms with Crippen molar-refractivity contribution in [3.05, 3.63) is 20.8 Å². The van der Waals surface area contributed by atoms with Crippen LogP contribution in [-0.2, 0) is 4.74 Å². The molecule has 4 heteroatoms. The Bertz CT molecular complexity index is 252. The van der Waals surface area contributed by atoms with Gasteiger partial charge < -0.3 is 10.5 Å². The molecule has 0 aliphatic carbocycles. The summed E-state index contributed by atoms with van der Waals surface area (Å²) in [5, 5.41) is 4.10. The maximum Gasteiger partial charge on any atom is 0.0660 e. The van der Waals surface area contributed by atoms with Gasteiger partial charge in [0, 0.05) is 16.5 Å². The summed E-state index contributed by atoms with van der Waals surface area (Å²) in [7, 11) is 0. The Morgan fingerprint density at radius 1 is 1.62 bits per heavy atom. The first-order valence-corrected chi connectivity index (χ1v) is 6.04. The standard InChI is InChI=1S/C9H14BrNOS/c1-2-3-12-4-9(11)7-5-13-6-8(7)10/h5-6,9H,2-4,11H2,1H3.